The highest BCUT2D eigenvalue weighted by Crippen LogP contribution is 2.25. The Balaban J connectivity index is 2.31. The van der Waals surface area contributed by atoms with Gasteiger partial charge < -0.3 is 4.74 Å². The largest absolute Gasteiger partial charge is 0.353 e. The lowest BCUT2D eigenvalue weighted by Gasteiger charge is -2.17. The Morgan fingerprint density at radius 3 is 1.62 bits per heavy atom. The minimum absolute atomic E-state index is 0.0834. The summed E-state index contributed by atoms with van der Waals surface area (Å²) in [6, 6.07) is 20.4. The molecule has 0 heterocycles. The van der Waals surface area contributed by atoms with Crippen molar-refractivity contribution >= 4 is 11.6 Å². The van der Waals surface area contributed by atoms with Crippen LogP contribution in [-0.2, 0) is 4.74 Å². The monoisotopic (exact) mass is 232 g/mol. The smallest absolute Gasteiger partial charge is 0.122 e. The molecule has 0 radical (unpaired) electrons. The number of hydrogen-bond donors (Lipinski definition) is 0. The SMILES string of the molecule is ClCOC(c1ccccc1)c1ccccc1. The first kappa shape index (κ1) is 11.2. The zero-order valence-corrected chi connectivity index (χ0v) is 9.60. The van der Waals surface area contributed by atoms with E-state index in [2.05, 4.69) is 0 Å². The highest BCUT2D eigenvalue weighted by Gasteiger charge is 2.13. The Hall–Kier alpha value is -1.31. The predicted octanol–water partition coefficient (Wildman–Crippen LogP) is 3.99. The second-order valence-corrected chi connectivity index (χ2v) is 3.70. The summed E-state index contributed by atoms with van der Waals surface area (Å²) < 4.78 is 5.58. The number of halogens is 1. The van der Waals surface area contributed by atoms with Crippen LogP contribution in [0.15, 0.2) is 60.7 Å². The molecule has 2 aromatic carbocycles. The highest BCUT2D eigenvalue weighted by molar-refractivity contribution is 6.17. The Kier molecular flexibility index (Phi) is 3.97. The highest BCUT2D eigenvalue weighted by atomic mass is 35.5. The van der Waals surface area contributed by atoms with Crippen molar-refractivity contribution in [1.82, 2.24) is 0 Å². The third-order valence-corrected chi connectivity index (χ3v) is 2.56. The molecule has 16 heavy (non-hydrogen) atoms. The topological polar surface area (TPSA) is 9.23 Å². The van der Waals surface area contributed by atoms with E-state index in [-0.39, 0.29) is 12.2 Å². The normalized spacial score (nSPS) is 10.6. The van der Waals surface area contributed by atoms with Crippen molar-refractivity contribution in [3.8, 4) is 0 Å². The fourth-order valence-corrected chi connectivity index (χ4v) is 1.83. The average Bonchev–Trinajstić information content (AvgIpc) is 2.38. The summed E-state index contributed by atoms with van der Waals surface area (Å²) in [4.78, 5) is 0. The van der Waals surface area contributed by atoms with E-state index >= 15 is 0 Å². The molecule has 82 valence electrons. The quantitative estimate of drug-likeness (QED) is 0.725. The van der Waals surface area contributed by atoms with Crippen LogP contribution in [0.25, 0.3) is 0 Å². The lowest BCUT2D eigenvalue weighted by molar-refractivity contribution is 0.119. The molecular weight excluding hydrogens is 220 g/mol. The zero-order valence-electron chi connectivity index (χ0n) is 8.84. The van der Waals surface area contributed by atoms with Gasteiger partial charge in [0.25, 0.3) is 0 Å². The van der Waals surface area contributed by atoms with Gasteiger partial charge in [-0.25, -0.2) is 0 Å². The average molecular weight is 233 g/mol. The van der Waals surface area contributed by atoms with E-state index in [1.54, 1.807) is 0 Å². The first-order valence-electron chi connectivity index (χ1n) is 5.19. The van der Waals surface area contributed by atoms with Crippen LogP contribution >= 0.6 is 11.6 Å². The Labute approximate surface area is 101 Å². The molecule has 2 heteroatoms. The third-order valence-electron chi connectivity index (χ3n) is 2.43. The van der Waals surface area contributed by atoms with Crippen LogP contribution in [0.5, 0.6) is 0 Å². The minimum Gasteiger partial charge on any atom is -0.353 e. The maximum Gasteiger partial charge on any atom is 0.122 e. The molecule has 0 N–H and O–H groups in total. The minimum atomic E-state index is -0.0834. The van der Waals surface area contributed by atoms with Crippen molar-refractivity contribution in [2.75, 3.05) is 6.07 Å². The summed E-state index contributed by atoms with van der Waals surface area (Å²) >= 11 is 5.67. The fraction of sp³-hybridized carbons (Fsp3) is 0.143. The summed E-state index contributed by atoms with van der Waals surface area (Å²) in [7, 11) is 0. The van der Waals surface area contributed by atoms with Gasteiger partial charge in [0.15, 0.2) is 0 Å². The van der Waals surface area contributed by atoms with E-state index in [0.29, 0.717) is 0 Å². The molecule has 0 saturated heterocycles. The van der Waals surface area contributed by atoms with Crippen molar-refractivity contribution in [2.45, 2.75) is 6.10 Å². The lowest BCUT2D eigenvalue weighted by Crippen LogP contribution is -2.04. The third kappa shape index (κ3) is 2.63. The molecule has 0 aliphatic carbocycles. The van der Waals surface area contributed by atoms with Crippen molar-refractivity contribution < 1.29 is 4.74 Å². The molecule has 0 unspecified atom stereocenters. The molecule has 0 fully saturated rings. The van der Waals surface area contributed by atoms with E-state index in [1.807, 2.05) is 60.7 Å². The van der Waals surface area contributed by atoms with Crippen LogP contribution in [0.2, 0.25) is 0 Å². The summed E-state index contributed by atoms with van der Waals surface area (Å²) in [5.74, 6) is 0. The zero-order chi connectivity index (χ0) is 11.2. The molecule has 0 aliphatic heterocycles. The van der Waals surface area contributed by atoms with Crippen LogP contribution in [0.3, 0.4) is 0 Å². The molecule has 1 nitrogen and oxygen atoms in total. The summed E-state index contributed by atoms with van der Waals surface area (Å²) in [5.41, 5.74) is 2.24. The van der Waals surface area contributed by atoms with Gasteiger partial charge in [0, 0.05) is 0 Å². The van der Waals surface area contributed by atoms with E-state index in [4.69, 9.17) is 16.3 Å². The van der Waals surface area contributed by atoms with Gasteiger partial charge in [0.1, 0.15) is 12.2 Å². The molecule has 0 saturated carbocycles. The van der Waals surface area contributed by atoms with Gasteiger partial charge in [0.05, 0.1) is 0 Å². The summed E-state index contributed by atoms with van der Waals surface area (Å²) in [6.45, 7) is 0. The number of ether oxygens (including phenoxy) is 1. The molecule has 0 atom stereocenters. The van der Waals surface area contributed by atoms with Crippen molar-refractivity contribution in [3.63, 3.8) is 0 Å². The second-order valence-electron chi connectivity index (χ2n) is 3.48. The molecule has 0 bridgehead atoms. The lowest BCUT2D eigenvalue weighted by atomic mass is 10.0. The number of alkyl halides is 1. The van der Waals surface area contributed by atoms with Crippen molar-refractivity contribution in [1.29, 1.82) is 0 Å². The summed E-state index contributed by atoms with van der Waals surface area (Å²) in [5, 5.41) is 0. The Bertz CT molecular complexity index is 374. The maximum absolute atomic E-state index is 5.67. The molecular formula is C14H13ClO. The van der Waals surface area contributed by atoms with E-state index in [0.717, 1.165) is 11.1 Å². The van der Waals surface area contributed by atoms with Crippen LogP contribution < -0.4 is 0 Å². The van der Waals surface area contributed by atoms with Gasteiger partial charge in [-0.1, -0.05) is 72.3 Å². The number of benzene rings is 2. The fourth-order valence-electron chi connectivity index (χ4n) is 1.70. The van der Waals surface area contributed by atoms with Gasteiger partial charge >= 0.3 is 0 Å². The van der Waals surface area contributed by atoms with Crippen molar-refractivity contribution in [2.24, 2.45) is 0 Å². The van der Waals surface area contributed by atoms with Gasteiger partial charge in [-0.3, -0.25) is 0 Å². The van der Waals surface area contributed by atoms with Gasteiger partial charge in [-0.05, 0) is 11.1 Å². The molecule has 0 spiro atoms. The summed E-state index contributed by atoms with van der Waals surface area (Å²) in [6.07, 6.45) is -0.0834. The second kappa shape index (κ2) is 5.69. The predicted molar refractivity (Wildman–Crippen MR) is 66.5 cm³/mol. The van der Waals surface area contributed by atoms with Crippen LogP contribution in [-0.4, -0.2) is 6.07 Å². The van der Waals surface area contributed by atoms with Crippen LogP contribution in [0.4, 0.5) is 0 Å². The molecule has 0 amide bonds. The van der Waals surface area contributed by atoms with E-state index in [1.165, 1.54) is 0 Å². The van der Waals surface area contributed by atoms with Gasteiger partial charge in [0.2, 0.25) is 0 Å². The van der Waals surface area contributed by atoms with Crippen LogP contribution in [0, 0.1) is 0 Å². The first-order valence-corrected chi connectivity index (χ1v) is 5.72. The van der Waals surface area contributed by atoms with E-state index in [9.17, 15) is 0 Å². The van der Waals surface area contributed by atoms with E-state index < -0.39 is 0 Å². The molecule has 2 rings (SSSR count). The standard InChI is InChI=1S/C14H13ClO/c15-11-16-14(12-7-3-1-4-8-12)13-9-5-2-6-10-13/h1-10,14H,11H2. The van der Waals surface area contributed by atoms with Crippen molar-refractivity contribution in [3.05, 3.63) is 71.8 Å². The van der Waals surface area contributed by atoms with Crippen LogP contribution in [0.1, 0.15) is 17.2 Å². The number of hydrogen-bond acceptors (Lipinski definition) is 1. The molecule has 2 aromatic rings. The first-order chi connectivity index (χ1) is 7.92. The number of rotatable bonds is 4. The van der Waals surface area contributed by atoms with Gasteiger partial charge in [-0.15, -0.1) is 0 Å². The Morgan fingerprint density at radius 1 is 0.812 bits per heavy atom. The molecule has 0 aliphatic rings. The Morgan fingerprint density at radius 2 is 1.25 bits per heavy atom. The van der Waals surface area contributed by atoms with Gasteiger partial charge in [-0.2, -0.15) is 0 Å². The maximum atomic E-state index is 5.67. The molecule has 0 aromatic heterocycles.